The summed E-state index contributed by atoms with van der Waals surface area (Å²) in [5.74, 6) is 2.08. The van der Waals surface area contributed by atoms with Crippen molar-refractivity contribution in [1.29, 1.82) is 0 Å². The largest absolute Gasteiger partial charge is 0.493 e. The number of hydrogen-bond acceptors (Lipinski definition) is 5. The highest BCUT2D eigenvalue weighted by Crippen LogP contribution is 2.42. The van der Waals surface area contributed by atoms with Crippen molar-refractivity contribution in [2.45, 2.75) is 31.8 Å². The molecule has 0 radical (unpaired) electrons. The lowest BCUT2D eigenvalue weighted by atomic mass is 9.91. The predicted octanol–water partition coefficient (Wildman–Crippen LogP) is 2.28. The zero-order valence-electron chi connectivity index (χ0n) is 13.6. The lowest BCUT2D eigenvalue weighted by molar-refractivity contribution is 0.171. The van der Waals surface area contributed by atoms with Crippen molar-refractivity contribution >= 4 is 0 Å². The first-order chi connectivity index (χ1) is 11.7. The molecule has 1 atom stereocenters. The van der Waals surface area contributed by atoms with E-state index in [1.807, 2.05) is 18.2 Å². The summed E-state index contributed by atoms with van der Waals surface area (Å²) in [6.45, 7) is 0.919. The maximum absolute atomic E-state index is 11.5. The Labute approximate surface area is 139 Å². The highest BCUT2D eigenvalue weighted by Gasteiger charge is 2.22. The Morgan fingerprint density at radius 1 is 1.33 bits per heavy atom. The van der Waals surface area contributed by atoms with Crippen LogP contribution in [0.5, 0.6) is 17.2 Å². The Morgan fingerprint density at radius 3 is 3.12 bits per heavy atom. The van der Waals surface area contributed by atoms with Gasteiger partial charge in [-0.2, -0.15) is 0 Å². The molecule has 1 aliphatic carbocycles. The maximum Gasteiger partial charge on any atom is 0.248 e. The third-order valence-electron chi connectivity index (χ3n) is 4.60. The molecule has 2 heterocycles. The topological polar surface area (TPSA) is 72.6 Å². The van der Waals surface area contributed by atoms with E-state index in [1.54, 1.807) is 13.2 Å². The second kappa shape index (κ2) is 6.20. The molecule has 1 aliphatic heterocycles. The van der Waals surface area contributed by atoms with Crippen LogP contribution in [-0.4, -0.2) is 18.9 Å². The van der Waals surface area contributed by atoms with Crippen LogP contribution in [0.3, 0.4) is 0 Å². The number of ether oxygens (including phenoxy) is 3. The molecule has 1 unspecified atom stereocenters. The van der Waals surface area contributed by atoms with Crippen LogP contribution in [0.2, 0.25) is 0 Å². The first-order valence-electron chi connectivity index (χ1n) is 8.16. The quantitative estimate of drug-likeness (QED) is 0.901. The number of fused-ring (bicyclic) bond motifs is 2. The summed E-state index contributed by atoms with van der Waals surface area (Å²) in [5, 5.41) is 3.58. The number of benzene rings is 1. The van der Waals surface area contributed by atoms with Crippen molar-refractivity contribution in [3.63, 3.8) is 0 Å². The van der Waals surface area contributed by atoms with Gasteiger partial charge in [-0.3, -0.25) is 4.79 Å². The molecule has 0 saturated carbocycles. The smallest absolute Gasteiger partial charge is 0.248 e. The Hall–Kier alpha value is -2.47. The molecule has 2 aromatic rings. The summed E-state index contributed by atoms with van der Waals surface area (Å²) in [5.41, 5.74) is 3.28. The van der Waals surface area contributed by atoms with Crippen LogP contribution in [0.4, 0.5) is 0 Å². The van der Waals surface area contributed by atoms with Gasteiger partial charge in [0.2, 0.25) is 18.1 Å². The number of H-pyrrole nitrogens is 1. The van der Waals surface area contributed by atoms with Gasteiger partial charge in [0.05, 0.1) is 7.11 Å². The van der Waals surface area contributed by atoms with E-state index in [4.69, 9.17) is 14.2 Å². The van der Waals surface area contributed by atoms with Crippen LogP contribution < -0.4 is 25.1 Å². The normalized spacial score (nSPS) is 18.3. The van der Waals surface area contributed by atoms with Gasteiger partial charge < -0.3 is 24.5 Å². The van der Waals surface area contributed by atoms with Gasteiger partial charge in [0.1, 0.15) is 0 Å². The molecule has 24 heavy (non-hydrogen) atoms. The van der Waals surface area contributed by atoms with Gasteiger partial charge in [0.25, 0.3) is 0 Å². The Kier molecular flexibility index (Phi) is 3.90. The molecule has 126 valence electrons. The molecular weight excluding hydrogens is 308 g/mol. The monoisotopic (exact) mass is 328 g/mol. The van der Waals surface area contributed by atoms with Crippen LogP contribution >= 0.6 is 0 Å². The molecule has 0 bridgehead atoms. The molecule has 4 rings (SSSR count). The van der Waals surface area contributed by atoms with Gasteiger partial charge in [0.15, 0.2) is 11.5 Å². The molecule has 2 aliphatic rings. The molecule has 0 fully saturated rings. The van der Waals surface area contributed by atoms with E-state index in [1.165, 1.54) is 5.56 Å². The van der Waals surface area contributed by atoms with Crippen molar-refractivity contribution in [3.05, 3.63) is 51.4 Å². The fourth-order valence-corrected chi connectivity index (χ4v) is 3.44. The number of pyridine rings is 1. The van der Waals surface area contributed by atoms with E-state index in [0.29, 0.717) is 18.0 Å². The lowest BCUT2D eigenvalue weighted by Gasteiger charge is -2.26. The standard InChI is InChI=1S/C18H20N2O4/c1-22-15-7-11(8-16-18(15)24-10-23-16)9-19-13-3-2-4-14-12(13)5-6-17(21)20-14/h5-8,13,19H,2-4,9-10H2,1H3,(H,20,21). The molecule has 1 aromatic carbocycles. The fourth-order valence-electron chi connectivity index (χ4n) is 3.44. The van der Waals surface area contributed by atoms with E-state index in [9.17, 15) is 4.79 Å². The van der Waals surface area contributed by atoms with E-state index >= 15 is 0 Å². The predicted molar refractivity (Wildman–Crippen MR) is 88.7 cm³/mol. The number of methoxy groups -OCH3 is 1. The zero-order valence-corrected chi connectivity index (χ0v) is 13.6. The Balaban J connectivity index is 1.53. The van der Waals surface area contributed by atoms with Crippen molar-refractivity contribution in [2.75, 3.05) is 13.9 Å². The average molecular weight is 328 g/mol. The average Bonchev–Trinajstić information content (AvgIpc) is 3.07. The Bertz CT molecular complexity index is 815. The van der Waals surface area contributed by atoms with Gasteiger partial charge in [-0.1, -0.05) is 6.07 Å². The second-order valence-electron chi connectivity index (χ2n) is 6.11. The van der Waals surface area contributed by atoms with Gasteiger partial charge in [-0.15, -0.1) is 0 Å². The molecule has 6 heteroatoms. The van der Waals surface area contributed by atoms with Crippen LogP contribution in [0.25, 0.3) is 0 Å². The van der Waals surface area contributed by atoms with E-state index in [-0.39, 0.29) is 18.4 Å². The van der Waals surface area contributed by atoms with Gasteiger partial charge in [-0.05, 0) is 42.5 Å². The highest BCUT2D eigenvalue weighted by atomic mass is 16.7. The SMILES string of the molecule is COc1cc(CNC2CCCc3[nH]c(=O)ccc32)cc2c1OCO2. The summed E-state index contributed by atoms with van der Waals surface area (Å²) < 4.78 is 16.3. The highest BCUT2D eigenvalue weighted by molar-refractivity contribution is 5.55. The van der Waals surface area contributed by atoms with Gasteiger partial charge >= 0.3 is 0 Å². The first-order valence-corrected chi connectivity index (χ1v) is 8.16. The van der Waals surface area contributed by atoms with Crippen molar-refractivity contribution in [3.8, 4) is 17.2 Å². The summed E-state index contributed by atoms with van der Waals surface area (Å²) in [4.78, 5) is 14.4. The second-order valence-corrected chi connectivity index (χ2v) is 6.11. The zero-order chi connectivity index (χ0) is 16.5. The number of aromatic amines is 1. The van der Waals surface area contributed by atoms with Gasteiger partial charge in [0, 0.05) is 24.3 Å². The molecule has 0 amide bonds. The molecule has 0 saturated heterocycles. The van der Waals surface area contributed by atoms with Crippen molar-refractivity contribution in [1.82, 2.24) is 10.3 Å². The summed E-state index contributed by atoms with van der Waals surface area (Å²) >= 11 is 0. The van der Waals surface area contributed by atoms with Crippen LogP contribution in [0, 0.1) is 0 Å². The minimum absolute atomic E-state index is 0.0325. The maximum atomic E-state index is 11.5. The molecule has 2 N–H and O–H groups in total. The summed E-state index contributed by atoms with van der Waals surface area (Å²) in [6.07, 6.45) is 3.05. The Morgan fingerprint density at radius 2 is 2.25 bits per heavy atom. The summed E-state index contributed by atoms with van der Waals surface area (Å²) in [7, 11) is 1.63. The third-order valence-corrected chi connectivity index (χ3v) is 4.60. The minimum Gasteiger partial charge on any atom is -0.493 e. The van der Waals surface area contributed by atoms with E-state index in [0.717, 1.165) is 36.3 Å². The number of nitrogens with one attached hydrogen (secondary N) is 2. The number of aryl methyl sites for hydroxylation is 1. The molecule has 6 nitrogen and oxygen atoms in total. The molecule has 1 aromatic heterocycles. The fraction of sp³-hybridized carbons (Fsp3) is 0.389. The number of rotatable bonds is 4. The molecule has 0 spiro atoms. The van der Waals surface area contributed by atoms with Gasteiger partial charge in [-0.25, -0.2) is 0 Å². The third kappa shape index (κ3) is 2.73. The number of aromatic nitrogens is 1. The van der Waals surface area contributed by atoms with Crippen LogP contribution in [-0.2, 0) is 13.0 Å². The van der Waals surface area contributed by atoms with Crippen LogP contribution in [0.1, 0.15) is 35.7 Å². The molecular formula is C18H20N2O4. The van der Waals surface area contributed by atoms with E-state index < -0.39 is 0 Å². The van der Waals surface area contributed by atoms with Crippen molar-refractivity contribution < 1.29 is 14.2 Å². The first kappa shape index (κ1) is 15.1. The van der Waals surface area contributed by atoms with E-state index in [2.05, 4.69) is 10.3 Å². The lowest BCUT2D eigenvalue weighted by Crippen LogP contribution is -2.27. The summed E-state index contributed by atoms with van der Waals surface area (Å²) in [6, 6.07) is 7.72. The van der Waals surface area contributed by atoms with Crippen molar-refractivity contribution in [2.24, 2.45) is 0 Å². The minimum atomic E-state index is -0.0325. The van der Waals surface area contributed by atoms with Crippen LogP contribution in [0.15, 0.2) is 29.1 Å². The number of hydrogen-bond donors (Lipinski definition) is 2.